The lowest BCUT2D eigenvalue weighted by Gasteiger charge is -2.30. The number of nitrogens with zero attached hydrogens (tertiary/aromatic N) is 3. The summed E-state index contributed by atoms with van der Waals surface area (Å²) in [4.78, 5) is 6.64. The van der Waals surface area contributed by atoms with Crippen molar-refractivity contribution in [1.29, 1.82) is 0 Å². The lowest BCUT2D eigenvalue weighted by molar-refractivity contribution is 0.190. The van der Waals surface area contributed by atoms with Crippen molar-refractivity contribution in [2.75, 3.05) is 33.3 Å². The van der Waals surface area contributed by atoms with Crippen molar-refractivity contribution in [2.45, 2.75) is 12.5 Å². The summed E-state index contributed by atoms with van der Waals surface area (Å²) in [5.74, 6) is 1.60. The quantitative estimate of drug-likeness (QED) is 0.894. The van der Waals surface area contributed by atoms with Crippen LogP contribution in [0, 0.1) is 5.82 Å². The lowest BCUT2D eigenvalue weighted by atomic mass is 10.2. The molecule has 1 saturated heterocycles. The highest BCUT2D eigenvalue weighted by molar-refractivity contribution is 5.85. The zero-order valence-corrected chi connectivity index (χ0v) is 13.7. The van der Waals surface area contributed by atoms with Crippen LogP contribution < -0.4 is 10.1 Å². The molecule has 126 valence electrons. The minimum Gasteiger partial charge on any atom is -0.493 e. The van der Waals surface area contributed by atoms with Crippen molar-refractivity contribution in [2.24, 2.45) is 0 Å². The molecular formula is C15H20ClFN4O2. The summed E-state index contributed by atoms with van der Waals surface area (Å²) in [5.41, 5.74) is 0. The highest BCUT2D eigenvalue weighted by atomic mass is 35.5. The van der Waals surface area contributed by atoms with Crippen molar-refractivity contribution < 1.29 is 13.7 Å². The summed E-state index contributed by atoms with van der Waals surface area (Å²) in [5, 5.41) is 7.38. The van der Waals surface area contributed by atoms with E-state index in [0.717, 1.165) is 19.6 Å². The highest BCUT2D eigenvalue weighted by Crippen LogP contribution is 2.18. The van der Waals surface area contributed by atoms with Gasteiger partial charge in [0, 0.05) is 19.6 Å². The monoisotopic (exact) mass is 342 g/mol. The van der Waals surface area contributed by atoms with Crippen LogP contribution in [0.25, 0.3) is 0 Å². The Kier molecular flexibility index (Phi) is 6.32. The molecule has 1 aliphatic heterocycles. The van der Waals surface area contributed by atoms with Crippen LogP contribution in [0.1, 0.15) is 17.8 Å². The number of benzene rings is 1. The largest absolute Gasteiger partial charge is 0.493 e. The van der Waals surface area contributed by atoms with Gasteiger partial charge in [-0.2, -0.15) is 4.98 Å². The van der Waals surface area contributed by atoms with Gasteiger partial charge in [0.2, 0.25) is 5.89 Å². The maximum absolute atomic E-state index is 12.8. The van der Waals surface area contributed by atoms with Gasteiger partial charge in [0.1, 0.15) is 11.6 Å². The molecule has 1 atom stereocenters. The smallest absolute Gasteiger partial charge is 0.230 e. The zero-order chi connectivity index (χ0) is 15.4. The predicted molar refractivity (Wildman–Crippen MR) is 85.4 cm³/mol. The average molecular weight is 343 g/mol. The van der Waals surface area contributed by atoms with E-state index in [1.165, 1.54) is 12.1 Å². The molecule has 2 aromatic rings. The molecule has 2 heterocycles. The number of nitrogens with one attached hydrogen (secondary N) is 1. The van der Waals surface area contributed by atoms with Gasteiger partial charge < -0.3 is 14.6 Å². The van der Waals surface area contributed by atoms with Gasteiger partial charge in [0.05, 0.1) is 19.1 Å². The first kappa shape index (κ1) is 17.7. The fourth-order valence-corrected chi connectivity index (χ4v) is 2.39. The summed E-state index contributed by atoms with van der Waals surface area (Å²) in [6.45, 7) is 3.17. The number of ether oxygens (including phenoxy) is 1. The molecule has 1 fully saturated rings. The first-order chi connectivity index (χ1) is 10.7. The summed E-state index contributed by atoms with van der Waals surface area (Å²) >= 11 is 0. The fourth-order valence-electron chi connectivity index (χ4n) is 2.39. The first-order valence-corrected chi connectivity index (χ1v) is 7.34. The Bertz CT molecular complexity index is 608. The van der Waals surface area contributed by atoms with E-state index >= 15 is 0 Å². The molecule has 0 bridgehead atoms. The van der Waals surface area contributed by atoms with Crippen LogP contribution in [-0.2, 0) is 6.42 Å². The molecule has 1 aliphatic rings. The molecule has 0 aliphatic carbocycles. The molecular weight excluding hydrogens is 323 g/mol. The van der Waals surface area contributed by atoms with Gasteiger partial charge in [0.15, 0.2) is 5.82 Å². The van der Waals surface area contributed by atoms with E-state index in [2.05, 4.69) is 27.4 Å². The summed E-state index contributed by atoms with van der Waals surface area (Å²) < 4.78 is 23.6. The second-order valence-electron chi connectivity index (χ2n) is 5.30. The van der Waals surface area contributed by atoms with Gasteiger partial charge in [-0.25, -0.2) is 4.39 Å². The van der Waals surface area contributed by atoms with E-state index in [-0.39, 0.29) is 24.3 Å². The maximum atomic E-state index is 12.8. The van der Waals surface area contributed by atoms with Gasteiger partial charge in [-0.15, -0.1) is 12.4 Å². The number of hydrogen-bond donors (Lipinski definition) is 1. The number of halogens is 2. The third kappa shape index (κ3) is 4.63. The number of rotatable bonds is 5. The predicted octanol–water partition coefficient (Wildman–Crippen LogP) is 1.83. The van der Waals surface area contributed by atoms with Crippen LogP contribution in [0.15, 0.2) is 28.8 Å². The van der Waals surface area contributed by atoms with Crippen molar-refractivity contribution in [3.8, 4) is 5.75 Å². The molecule has 1 aromatic heterocycles. The van der Waals surface area contributed by atoms with Crippen molar-refractivity contribution >= 4 is 12.4 Å². The fraction of sp³-hybridized carbons (Fsp3) is 0.467. The van der Waals surface area contributed by atoms with E-state index < -0.39 is 0 Å². The third-order valence-electron chi connectivity index (χ3n) is 3.69. The molecule has 0 saturated carbocycles. The van der Waals surface area contributed by atoms with Crippen LogP contribution >= 0.6 is 12.4 Å². The van der Waals surface area contributed by atoms with Crippen LogP contribution in [0.3, 0.4) is 0 Å². The first-order valence-electron chi connectivity index (χ1n) is 7.34. The number of aromatic nitrogens is 2. The molecule has 6 nitrogen and oxygen atoms in total. The number of hydrogen-bond acceptors (Lipinski definition) is 6. The third-order valence-corrected chi connectivity index (χ3v) is 3.69. The minimum atomic E-state index is -0.279. The number of likely N-dealkylation sites (N-methyl/N-ethyl adjacent to an activating group) is 1. The maximum Gasteiger partial charge on any atom is 0.230 e. The van der Waals surface area contributed by atoms with E-state index in [1.54, 1.807) is 12.1 Å². The Balaban J connectivity index is 0.00000192. The Hall–Kier alpha value is -1.70. The van der Waals surface area contributed by atoms with Gasteiger partial charge in [-0.3, -0.25) is 4.90 Å². The molecule has 1 N–H and O–H groups in total. The Labute approximate surface area is 140 Å². The van der Waals surface area contributed by atoms with Crippen LogP contribution in [0.5, 0.6) is 5.75 Å². The van der Waals surface area contributed by atoms with Crippen LogP contribution in [-0.4, -0.2) is 48.3 Å². The van der Waals surface area contributed by atoms with Gasteiger partial charge in [0.25, 0.3) is 0 Å². The van der Waals surface area contributed by atoms with E-state index in [1.807, 2.05) is 0 Å². The highest BCUT2D eigenvalue weighted by Gasteiger charge is 2.25. The van der Waals surface area contributed by atoms with E-state index in [4.69, 9.17) is 9.26 Å². The summed E-state index contributed by atoms with van der Waals surface area (Å²) in [7, 11) is 2.05. The molecule has 0 spiro atoms. The molecule has 23 heavy (non-hydrogen) atoms. The standard InChI is InChI=1S/C15H19FN4O2.ClH/c1-20-8-7-17-10-13(20)15-18-14(22-19-15)6-9-21-12-4-2-11(16)3-5-12;/h2-5,13,17H,6-10H2,1H3;1H. The van der Waals surface area contributed by atoms with Crippen LogP contribution in [0.4, 0.5) is 4.39 Å². The van der Waals surface area contributed by atoms with E-state index in [9.17, 15) is 4.39 Å². The van der Waals surface area contributed by atoms with Crippen molar-refractivity contribution in [1.82, 2.24) is 20.4 Å². The van der Waals surface area contributed by atoms with Crippen molar-refractivity contribution in [3.05, 3.63) is 41.8 Å². The van der Waals surface area contributed by atoms with Gasteiger partial charge in [-0.05, 0) is 31.3 Å². The second-order valence-corrected chi connectivity index (χ2v) is 5.30. The Morgan fingerprint density at radius 2 is 2.17 bits per heavy atom. The summed E-state index contributed by atoms with van der Waals surface area (Å²) in [6.07, 6.45) is 0.522. The minimum absolute atomic E-state index is 0. The topological polar surface area (TPSA) is 63.4 Å². The molecule has 0 amide bonds. The van der Waals surface area contributed by atoms with Crippen LogP contribution in [0.2, 0.25) is 0 Å². The SMILES string of the molecule is CN1CCNCC1c1noc(CCOc2ccc(F)cc2)n1.Cl. The molecule has 3 rings (SSSR count). The van der Waals surface area contributed by atoms with E-state index in [0.29, 0.717) is 30.5 Å². The van der Waals surface area contributed by atoms with Gasteiger partial charge >= 0.3 is 0 Å². The normalized spacial score (nSPS) is 18.4. The Morgan fingerprint density at radius 1 is 1.39 bits per heavy atom. The second kappa shape index (κ2) is 8.24. The summed E-state index contributed by atoms with van der Waals surface area (Å²) in [6, 6.07) is 6.07. The molecule has 1 aromatic carbocycles. The number of piperazine rings is 1. The Morgan fingerprint density at radius 3 is 2.91 bits per heavy atom. The van der Waals surface area contributed by atoms with Gasteiger partial charge in [-0.1, -0.05) is 5.16 Å². The zero-order valence-electron chi connectivity index (χ0n) is 12.9. The lowest BCUT2D eigenvalue weighted by Crippen LogP contribution is -2.44. The average Bonchev–Trinajstić information content (AvgIpc) is 2.98. The van der Waals surface area contributed by atoms with Crippen molar-refractivity contribution in [3.63, 3.8) is 0 Å². The molecule has 0 radical (unpaired) electrons. The molecule has 1 unspecified atom stereocenters. The molecule has 8 heteroatoms.